The number of hydrogen-bond donors (Lipinski definition) is 1. The van der Waals surface area contributed by atoms with Crippen LogP contribution in [-0.2, 0) is 0 Å². The van der Waals surface area contributed by atoms with E-state index in [-0.39, 0.29) is 11.7 Å². The third-order valence-corrected chi connectivity index (χ3v) is 2.57. The summed E-state index contributed by atoms with van der Waals surface area (Å²) in [4.78, 5) is 6.51. The Labute approximate surface area is 83.5 Å². The molecule has 72 valence electrons. The molecule has 0 radical (unpaired) electrons. The van der Waals surface area contributed by atoms with Gasteiger partial charge in [0.2, 0.25) is 0 Å². The Morgan fingerprint density at radius 2 is 2.38 bits per heavy atom. The first-order valence-electron chi connectivity index (χ1n) is 4.48. The largest absolute Gasteiger partial charge is 0.365 e. The van der Waals surface area contributed by atoms with Crippen molar-refractivity contribution in [2.75, 3.05) is 6.54 Å². The quantitative estimate of drug-likeness (QED) is 0.641. The zero-order chi connectivity index (χ0) is 9.64. The van der Waals surface area contributed by atoms with E-state index in [0.29, 0.717) is 5.17 Å². The SMILES string of the molecule is CC1N=C(Cl)C=C2NC(C)(C)CN21. The van der Waals surface area contributed by atoms with Crippen molar-refractivity contribution in [2.45, 2.75) is 32.5 Å². The van der Waals surface area contributed by atoms with Crippen LogP contribution < -0.4 is 5.32 Å². The zero-order valence-corrected chi connectivity index (χ0v) is 8.89. The van der Waals surface area contributed by atoms with Gasteiger partial charge in [0.1, 0.15) is 17.2 Å². The van der Waals surface area contributed by atoms with E-state index in [4.69, 9.17) is 11.6 Å². The average molecular weight is 200 g/mol. The van der Waals surface area contributed by atoms with Gasteiger partial charge in [0.05, 0.1) is 5.54 Å². The van der Waals surface area contributed by atoms with E-state index in [1.165, 1.54) is 0 Å². The molecule has 2 aliphatic heterocycles. The molecule has 1 unspecified atom stereocenters. The van der Waals surface area contributed by atoms with Gasteiger partial charge in [-0.05, 0) is 20.8 Å². The fourth-order valence-corrected chi connectivity index (χ4v) is 2.06. The molecule has 0 aliphatic carbocycles. The van der Waals surface area contributed by atoms with Gasteiger partial charge in [-0.25, -0.2) is 4.99 Å². The Bertz CT molecular complexity index is 293. The minimum absolute atomic E-state index is 0.122. The van der Waals surface area contributed by atoms with E-state index in [0.717, 1.165) is 12.4 Å². The van der Waals surface area contributed by atoms with Crippen LogP contribution in [0.15, 0.2) is 16.9 Å². The lowest BCUT2D eigenvalue weighted by Crippen LogP contribution is -2.35. The van der Waals surface area contributed by atoms with Crippen LogP contribution >= 0.6 is 11.6 Å². The topological polar surface area (TPSA) is 27.6 Å². The van der Waals surface area contributed by atoms with E-state index in [2.05, 4.69) is 36.0 Å². The molecule has 0 amide bonds. The molecule has 2 rings (SSSR count). The maximum atomic E-state index is 5.88. The van der Waals surface area contributed by atoms with E-state index in [9.17, 15) is 0 Å². The molecule has 13 heavy (non-hydrogen) atoms. The molecule has 1 atom stereocenters. The predicted octanol–water partition coefficient (Wildman–Crippen LogP) is 1.51. The van der Waals surface area contributed by atoms with E-state index < -0.39 is 0 Å². The summed E-state index contributed by atoms with van der Waals surface area (Å²) in [6, 6.07) is 0. The van der Waals surface area contributed by atoms with Gasteiger partial charge in [-0.1, -0.05) is 11.6 Å². The summed E-state index contributed by atoms with van der Waals surface area (Å²) in [5.41, 5.74) is 0.122. The van der Waals surface area contributed by atoms with Gasteiger partial charge in [-0.15, -0.1) is 0 Å². The standard InChI is InChI=1S/C9H14ClN3/c1-6-11-7(10)4-8-12-9(2,3)5-13(6)8/h4,6,12H,5H2,1-3H3. The second-order valence-electron chi connectivity index (χ2n) is 4.25. The number of aliphatic imine (C=N–C) groups is 1. The number of nitrogens with one attached hydrogen (secondary N) is 1. The van der Waals surface area contributed by atoms with E-state index in [1.54, 1.807) is 0 Å². The highest BCUT2D eigenvalue weighted by atomic mass is 35.5. The molecule has 0 aromatic rings. The lowest BCUT2D eigenvalue weighted by molar-refractivity contribution is 0.287. The van der Waals surface area contributed by atoms with Crippen molar-refractivity contribution in [2.24, 2.45) is 4.99 Å². The molecule has 0 saturated carbocycles. The molecule has 1 fully saturated rings. The van der Waals surface area contributed by atoms with Gasteiger partial charge in [-0.3, -0.25) is 0 Å². The Morgan fingerprint density at radius 3 is 3.08 bits per heavy atom. The number of rotatable bonds is 0. The fourth-order valence-electron chi connectivity index (χ4n) is 1.82. The van der Waals surface area contributed by atoms with Crippen molar-refractivity contribution in [3.05, 3.63) is 11.9 Å². The first kappa shape index (κ1) is 8.88. The average Bonchev–Trinajstić information content (AvgIpc) is 2.23. The van der Waals surface area contributed by atoms with Crippen molar-refractivity contribution in [3.63, 3.8) is 0 Å². The lowest BCUT2D eigenvalue weighted by atomic mass is 10.1. The highest BCUT2D eigenvalue weighted by Crippen LogP contribution is 2.26. The first-order valence-corrected chi connectivity index (χ1v) is 4.86. The highest BCUT2D eigenvalue weighted by Gasteiger charge is 2.36. The van der Waals surface area contributed by atoms with Gasteiger partial charge < -0.3 is 10.2 Å². The molecule has 2 heterocycles. The third kappa shape index (κ3) is 1.53. The van der Waals surface area contributed by atoms with Crippen LogP contribution in [0.5, 0.6) is 0 Å². The van der Waals surface area contributed by atoms with Crippen molar-refractivity contribution < 1.29 is 0 Å². The van der Waals surface area contributed by atoms with Crippen LogP contribution in [0.3, 0.4) is 0 Å². The molecule has 2 aliphatic rings. The van der Waals surface area contributed by atoms with Gasteiger partial charge in [0.25, 0.3) is 0 Å². The lowest BCUT2D eigenvalue weighted by Gasteiger charge is -2.26. The maximum absolute atomic E-state index is 5.88. The smallest absolute Gasteiger partial charge is 0.129 e. The van der Waals surface area contributed by atoms with Crippen LogP contribution in [-0.4, -0.2) is 28.3 Å². The summed E-state index contributed by atoms with van der Waals surface area (Å²) in [5, 5.41) is 4.00. The van der Waals surface area contributed by atoms with Crippen molar-refractivity contribution in [3.8, 4) is 0 Å². The fraction of sp³-hybridized carbons (Fsp3) is 0.667. The maximum Gasteiger partial charge on any atom is 0.129 e. The van der Waals surface area contributed by atoms with Crippen LogP contribution in [0.25, 0.3) is 0 Å². The highest BCUT2D eigenvalue weighted by molar-refractivity contribution is 6.68. The molecule has 1 N–H and O–H groups in total. The summed E-state index contributed by atoms with van der Waals surface area (Å²) >= 11 is 5.88. The minimum Gasteiger partial charge on any atom is -0.365 e. The molecular formula is C9H14ClN3. The molecule has 0 bridgehead atoms. The number of nitrogens with zero attached hydrogens (tertiary/aromatic N) is 2. The van der Waals surface area contributed by atoms with Crippen LogP contribution in [0.1, 0.15) is 20.8 Å². The van der Waals surface area contributed by atoms with Crippen LogP contribution in [0.2, 0.25) is 0 Å². The molecule has 0 spiro atoms. The number of hydrogen-bond acceptors (Lipinski definition) is 3. The number of halogens is 1. The van der Waals surface area contributed by atoms with Gasteiger partial charge in [0.15, 0.2) is 0 Å². The van der Waals surface area contributed by atoms with Crippen molar-refractivity contribution >= 4 is 16.8 Å². The summed E-state index contributed by atoms with van der Waals surface area (Å²) in [6.45, 7) is 7.38. The number of allylic oxidation sites excluding steroid dienone is 1. The molecule has 0 aromatic heterocycles. The van der Waals surface area contributed by atoms with Crippen molar-refractivity contribution in [1.29, 1.82) is 0 Å². The Morgan fingerprint density at radius 1 is 1.69 bits per heavy atom. The first-order chi connectivity index (χ1) is 5.98. The Kier molecular flexibility index (Phi) is 1.80. The number of fused-ring (bicyclic) bond motifs is 1. The van der Waals surface area contributed by atoms with Gasteiger partial charge in [-0.2, -0.15) is 0 Å². The Hall–Kier alpha value is -0.700. The second-order valence-corrected chi connectivity index (χ2v) is 4.64. The predicted molar refractivity (Wildman–Crippen MR) is 54.8 cm³/mol. The Balaban J connectivity index is 2.29. The van der Waals surface area contributed by atoms with Gasteiger partial charge >= 0.3 is 0 Å². The summed E-state index contributed by atoms with van der Waals surface area (Å²) < 4.78 is 0. The molecular weight excluding hydrogens is 186 g/mol. The van der Waals surface area contributed by atoms with E-state index >= 15 is 0 Å². The third-order valence-electron chi connectivity index (χ3n) is 2.36. The van der Waals surface area contributed by atoms with Crippen LogP contribution in [0, 0.1) is 0 Å². The van der Waals surface area contributed by atoms with Crippen molar-refractivity contribution in [1.82, 2.24) is 10.2 Å². The second kappa shape index (κ2) is 2.64. The minimum atomic E-state index is 0.122. The normalized spacial score (nSPS) is 30.5. The molecule has 3 nitrogen and oxygen atoms in total. The molecule has 4 heteroatoms. The van der Waals surface area contributed by atoms with E-state index in [1.807, 2.05) is 6.08 Å². The zero-order valence-electron chi connectivity index (χ0n) is 8.13. The monoisotopic (exact) mass is 199 g/mol. The summed E-state index contributed by atoms with van der Waals surface area (Å²) in [7, 11) is 0. The van der Waals surface area contributed by atoms with Gasteiger partial charge in [0, 0.05) is 12.6 Å². The summed E-state index contributed by atoms with van der Waals surface area (Å²) in [5.74, 6) is 1.09. The molecule has 0 aromatic carbocycles. The summed E-state index contributed by atoms with van der Waals surface area (Å²) in [6.07, 6.45) is 2.04. The van der Waals surface area contributed by atoms with Crippen LogP contribution in [0.4, 0.5) is 0 Å². The molecule has 1 saturated heterocycles.